The highest BCUT2D eigenvalue weighted by molar-refractivity contribution is 9.13. The zero-order valence-corrected chi connectivity index (χ0v) is 15.3. The molecule has 4 nitrogen and oxygen atoms in total. The van der Waals surface area contributed by atoms with Gasteiger partial charge < -0.3 is 14.6 Å². The second kappa shape index (κ2) is 6.46. The molecule has 3 rings (SSSR count). The lowest BCUT2D eigenvalue weighted by Gasteiger charge is -2.27. The SMILES string of the molecule is COc1ccc(CC(=O)N2CCc3[nH]c(Br)c(Br)c3C2)cc1. The van der Waals surface area contributed by atoms with Gasteiger partial charge in [0.1, 0.15) is 5.75 Å². The number of carbonyl (C=O) groups is 1. The second-order valence-corrected chi connectivity index (χ2v) is 6.89. The van der Waals surface area contributed by atoms with Crippen LogP contribution in [-0.2, 0) is 24.2 Å². The highest BCUT2D eigenvalue weighted by atomic mass is 79.9. The Balaban J connectivity index is 1.69. The minimum absolute atomic E-state index is 0.153. The number of halogens is 2. The molecule has 1 amide bonds. The van der Waals surface area contributed by atoms with Crippen LogP contribution in [0.2, 0.25) is 0 Å². The largest absolute Gasteiger partial charge is 0.497 e. The van der Waals surface area contributed by atoms with Gasteiger partial charge in [-0.15, -0.1) is 0 Å². The van der Waals surface area contributed by atoms with Gasteiger partial charge in [-0.25, -0.2) is 0 Å². The number of ether oxygens (including phenoxy) is 1. The normalized spacial score (nSPS) is 13.9. The van der Waals surface area contributed by atoms with Gasteiger partial charge in [-0.05, 0) is 49.6 Å². The lowest BCUT2D eigenvalue weighted by molar-refractivity contribution is -0.131. The lowest BCUT2D eigenvalue weighted by atomic mass is 10.1. The van der Waals surface area contributed by atoms with Crippen LogP contribution in [0.1, 0.15) is 16.8 Å². The Kier molecular flexibility index (Phi) is 4.59. The topological polar surface area (TPSA) is 45.3 Å². The molecule has 0 bridgehead atoms. The van der Waals surface area contributed by atoms with Crippen LogP contribution in [0, 0.1) is 0 Å². The molecular weight excluding hydrogens is 412 g/mol. The van der Waals surface area contributed by atoms with Crippen LogP contribution in [0.25, 0.3) is 0 Å². The van der Waals surface area contributed by atoms with Crippen LogP contribution in [0.3, 0.4) is 0 Å². The van der Waals surface area contributed by atoms with Crippen molar-refractivity contribution in [3.63, 3.8) is 0 Å². The van der Waals surface area contributed by atoms with E-state index in [0.717, 1.165) is 33.4 Å². The number of aromatic nitrogens is 1. The van der Waals surface area contributed by atoms with E-state index in [4.69, 9.17) is 4.74 Å². The van der Waals surface area contributed by atoms with Gasteiger partial charge in [0.05, 0.1) is 22.6 Å². The molecular formula is C16H16Br2N2O2. The maximum atomic E-state index is 12.5. The van der Waals surface area contributed by atoms with E-state index >= 15 is 0 Å². The first-order valence-corrected chi connectivity index (χ1v) is 8.62. The Morgan fingerprint density at radius 1 is 1.32 bits per heavy atom. The number of rotatable bonds is 3. The molecule has 6 heteroatoms. The first-order valence-electron chi connectivity index (χ1n) is 7.04. The van der Waals surface area contributed by atoms with Crippen LogP contribution in [0.15, 0.2) is 33.3 Å². The summed E-state index contributed by atoms with van der Waals surface area (Å²) in [7, 11) is 1.64. The molecule has 0 radical (unpaired) electrons. The maximum absolute atomic E-state index is 12.5. The summed E-state index contributed by atoms with van der Waals surface area (Å²) in [5, 5.41) is 0. The molecule has 1 aliphatic heterocycles. The van der Waals surface area contributed by atoms with Gasteiger partial charge in [-0.1, -0.05) is 12.1 Å². The molecule has 1 aromatic carbocycles. The van der Waals surface area contributed by atoms with E-state index in [1.807, 2.05) is 29.2 Å². The Hall–Kier alpha value is -1.27. The molecule has 0 saturated carbocycles. The molecule has 2 aromatic rings. The number of fused-ring (bicyclic) bond motifs is 1. The number of H-pyrrole nitrogens is 1. The van der Waals surface area contributed by atoms with Crippen molar-refractivity contribution in [2.45, 2.75) is 19.4 Å². The summed E-state index contributed by atoms with van der Waals surface area (Å²) >= 11 is 7.05. The third kappa shape index (κ3) is 3.08. The highest BCUT2D eigenvalue weighted by Gasteiger charge is 2.25. The number of aromatic amines is 1. The summed E-state index contributed by atoms with van der Waals surface area (Å²) in [5.41, 5.74) is 3.37. The van der Waals surface area contributed by atoms with Crippen LogP contribution in [0.5, 0.6) is 5.75 Å². The molecule has 0 saturated heterocycles. The van der Waals surface area contributed by atoms with E-state index in [2.05, 4.69) is 36.8 Å². The summed E-state index contributed by atoms with van der Waals surface area (Å²) in [6.07, 6.45) is 1.27. The Morgan fingerprint density at radius 2 is 2.05 bits per heavy atom. The quantitative estimate of drug-likeness (QED) is 0.811. The van der Waals surface area contributed by atoms with Gasteiger partial charge in [-0.2, -0.15) is 0 Å². The molecule has 0 fully saturated rings. The maximum Gasteiger partial charge on any atom is 0.227 e. The second-order valence-electron chi connectivity index (χ2n) is 5.30. The van der Waals surface area contributed by atoms with Gasteiger partial charge in [0.2, 0.25) is 5.91 Å². The van der Waals surface area contributed by atoms with Crippen molar-refractivity contribution in [1.82, 2.24) is 9.88 Å². The fourth-order valence-corrected chi connectivity index (χ4v) is 3.61. The lowest BCUT2D eigenvalue weighted by Crippen LogP contribution is -2.36. The Morgan fingerprint density at radius 3 is 2.73 bits per heavy atom. The number of nitrogens with zero attached hydrogens (tertiary/aromatic N) is 1. The van der Waals surface area contributed by atoms with Crippen LogP contribution in [-0.4, -0.2) is 29.4 Å². The number of benzene rings is 1. The molecule has 1 aliphatic rings. The number of amides is 1. The number of carbonyl (C=O) groups excluding carboxylic acids is 1. The first-order chi connectivity index (χ1) is 10.6. The van der Waals surface area contributed by atoms with Gasteiger partial charge in [-0.3, -0.25) is 4.79 Å². The molecule has 22 heavy (non-hydrogen) atoms. The fourth-order valence-electron chi connectivity index (χ4n) is 2.67. The monoisotopic (exact) mass is 426 g/mol. The standard InChI is InChI=1S/C16H16Br2N2O2/c1-22-11-4-2-10(3-5-11)8-14(21)20-7-6-13-12(9-20)15(17)16(18)19-13/h2-5,19H,6-9H2,1H3. The summed E-state index contributed by atoms with van der Waals surface area (Å²) in [6, 6.07) is 7.65. The van der Waals surface area contributed by atoms with Crippen molar-refractivity contribution >= 4 is 37.8 Å². The zero-order chi connectivity index (χ0) is 15.7. The van der Waals surface area contributed by atoms with Crippen molar-refractivity contribution < 1.29 is 9.53 Å². The minimum atomic E-state index is 0.153. The van der Waals surface area contributed by atoms with Crippen LogP contribution < -0.4 is 4.74 Å². The average molecular weight is 428 g/mol. The van der Waals surface area contributed by atoms with Crippen molar-refractivity contribution in [3.05, 3.63) is 50.2 Å². The first kappa shape index (κ1) is 15.6. The van der Waals surface area contributed by atoms with E-state index in [1.54, 1.807) is 7.11 Å². The number of nitrogens with one attached hydrogen (secondary N) is 1. The van der Waals surface area contributed by atoms with E-state index in [-0.39, 0.29) is 5.91 Å². The average Bonchev–Trinajstić information content (AvgIpc) is 2.82. The predicted molar refractivity (Wildman–Crippen MR) is 92.0 cm³/mol. The molecule has 2 heterocycles. The van der Waals surface area contributed by atoms with E-state index < -0.39 is 0 Å². The van der Waals surface area contributed by atoms with Crippen LogP contribution in [0.4, 0.5) is 0 Å². The molecule has 1 N–H and O–H groups in total. The van der Waals surface area contributed by atoms with Gasteiger partial charge in [0, 0.05) is 30.8 Å². The Labute approximate surface area is 146 Å². The minimum Gasteiger partial charge on any atom is -0.497 e. The van der Waals surface area contributed by atoms with Crippen LogP contribution >= 0.6 is 31.9 Å². The van der Waals surface area contributed by atoms with Gasteiger partial charge >= 0.3 is 0 Å². The van der Waals surface area contributed by atoms with Crippen molar-refractivity contribution in [3.8, 4) is 5.75 Å². The summed E-state index contributed by atoms with van der Waals surface area (Å²) in [4.78, 5) is 17.7. The molecule has 1 aromatic heterocycles. The van der Waals surface area contributed by atoms with Crippen molar-refractivity contribution in [2.24, 2.45) is 0 Å². The smallest absolute Gasteiger partial charge is 0.227 e. The van der Waals surface area contributed by atoms with Crippen molar-refractivity contribution in [1.29, 1.82) is 0 Å². The zero-order valence-electron chi connectivity index (χ0n) is 12.2. The van der Waals surface area contributed by atoms with Crippen molar-refractivity contribution in [2.75, 3.05) is 13.7 Å². The molecule has 0 spiro atoms. The summed E-state index contributed by atoms with van der Waals surface area (Å²) < 4.78 is 7.10. The molecule has 0 atom stereocenters. The number of hydrogen-bond donors (Lipinski definition) is 1. The molecule has 0 unspecified atom stereocenters. The number of methoxy groups -OCH3 is 1. The number of hydrogen-bond acceptors (Lipinski definition) is 2. The molecule has 116 valence electrons. The Bertz CT molecular complexity index is 695. The van der Waals surface area contributed by atoms with Gasteiger partial charge in [0.15, 0.2) is 0 Å². The summed E-state index contributed by atoms with van der Waals surface area (Å²) in [5.74, 6) is 0.958. The third-order valence-electron chi connectivity index (χ3n) is 3.93. The molecule has 0 aliphatic carbocycles. The fraction of sp³-hybridized carbons (Fsp3) is 0.312. The summed E-state index contributed by atoms with van der Waals surface area (Å²) in [6.45, 7) is 1.40. The van der Waals surface area contributed by atoms with E-state index in [9.17, 15) is 4.79 Å². The third-order valence-corrected chi connectivity index (χ3v) is 5.93. The van der Waals surface area contributed by atoms with E-state index in [0.29, 0.717) is 13.0 Å². The predicted octanol–water partition coefficient (Wildman–Crippen LogP) is 3.68. The highest BCUT2D eigenvalue weighted by Crippen LogP contribution is 2.33. The van der Waals surface area contributed by atoms with E-state index in [1.165, 1.54) is 11.3 Å². The van der Waals surface area contributed by atoms with Gasteiger partial charge in [0.25, 0.3) is 0 Å².